The van der Waals surface area contributed by atoms with E-state index >= 15 is 0 Å². The molecule has 0 spiro atoms. The van der Waals surface area contributed by atoms with E-state index in [2.05, 4.69) is 25.1 Å². The summed E-state index contributed by atoms with van der Waals surface area (Å²) in [6, 6.07) is 5.96. The van der Waals surface area contributed by atoms with Gasteiger partial charge in [0.15, 0.2) is 0 Å². The van der Waals surface area contributed by atoms with Crippen molar-refractivity contribution in [3.8, 4) is 5.75 Å². The Morgan fingerprint density at radius 1 is 1.24 bits per heavy atom. The molecule has 0 radical (unpaired) electrons. The van der Waals surface area contributed by atoms with Gasteiger partial charge in [0.25, 0.3) is 0 Å². The zero-order valence-electron chi connectivity index (χ0n) is 11.2. The van der Waals surface area contributed by atoms with Gasteiger partial charge in [0.1, 0.15) is 5.75 Å². The maximum absolute atomic E-state index is 9.34. The molecule has 3 nitrogen and oxygen atoms in total. The van der Waals surface area contributed by atoms with Crippen molar-refractivity contribution >= 4 is 0 Å². The number of hydrogen-bond acceptors (Lipinski definition) is 3. The Morgan fingerprint density at radius 3 is 2.41 bits per heavy atom. The molecule has 0 saturated carbocycles. The summed E-state index contributed by atoms with van der Waals surface area (Å²) in [5.74, 6) is 0.854. The first-order valence-electron chi connectivity index (χ1n) is 6.07. The summed E-state index contributed by atoms with van der Waals surface area (Å²) in [6.07, 6.45) is 1.06. The standard InChI is InChI=1S/C14H23NO2/c1-11(2)17-14-12(8-9-15(3)4)6-5-7-13(14)10-16/h5-7,11,16H,8-10H2,1-4H3. The van der Waals surface area contributed by atoms with E-state index in [4.69, 9.17) is 4.74 Å². The Balaban J connectivity index is 2.93. The van der Waals surface area contributed by atoms with Crippen molar-refractivity contribution in [1.82, 2.24) is 4.90 Å². The van der Waals surface area contributed by atoms with Crippen molar-refractivity contribution in [2.24, 2.45) is 0 Å². The minimum Gasteiger partial charge on any atom is -0.490 e. The highest BCUT2D eigenvalue weighted by molar-refractivity contribution is 5.41. The van der Waals surface area contributed by atoms with Crippen molar-refractivity contribution in [2.75, 3.05) is 20.6 Å². The van der Waals surface area contributed by atoms with Crippen molar-refractivity contribution in [3.63, 3.8) is 0 Å². The molecule has 0 aromatic heterocycles. The maximum atomic E-state index is 9.34. The summed E-state index contributed by atoms with van der Waals surface area (Å²) in [6.45, 7) is 5.01. The van der Waals surface area contributed by atoms with Crippen molar-refractivity contribution in [1.29, 1.82) is 0 Å². The molecule has 0 aliphatic rings. The van der Waals surface area contributed by atoms with Crippen LogP contribution in [0.4, 0.5) is 0 Å². The number of ether oxygens (including phenoxy) is 1. The summed E-state index contributed by atoms with van der Waals surface area (Å²) in [7, 11) is 4.11. The van der Waals surface area contributed by atoms with Crippen LogP contribution < -0.4 is 4.74 Å². The van der Waals surface area contributed by atoms with Gasteiger partial charge in [-0.2, -0.15) is 0 Å². The number of likely N-dealkylation sites (N-methyl/N-ethyl adjacent to an activating group) is 1. The molecule has 0 fully saturated rings. The highest BCUT2D eigenvalue weighted by Crippen LogP contribution is 2.26. The fourth-order valence-corrected chi connectivity index (χ4v) is 1.69. The lowest BCUT2D eigenvalue weighted by molar-refractivity contribution is 0.223. The zero-order chi connectivity index (χ0) is 12.8. The van der Waals surface area contributed by atoms with Crippen LogP contribution in [0, 0.1) is 0 Å². The number of aliphatic hydroxyl groups is 1. The number of rotatable bonds is 6. The van der Waals surface area contributed by atoms with E-state index in [-0.39, 0.29) is 12.7 Å². The number of aliphatic hydroxyl groups excluding tert-OH is 1. The first-order chi connectivity index (χ1) is 8.04. The Hall–Kier alpha value is -1.06. The molecule has 96 valence electrons. The number of hydrogen-bond donors (Lipinski definition) is 1. The predicted octanol–water partition coefficient (Wildman–Crippen LogP) is 2.07. The molecule has 3 heteroatoms. The Morgan fingerprint density at radius 2 is 1.88 bits per heavy atom. The molecule has 0 heterocycles. The second-order valence-electron chi connectivity index (χ2n) is 4.78. The lowest BCUT2D eigenvalue weighted by Crippen LogP contribution is -2.17. The van der Waals surface area contributed by atoms with E-state index in [0.717, 1.165) is 24.3 Å². The summed E-state index contributed by atoms with van der Waals surface area (Å²) in [5, 5.41) is 9.34. The topological polar surface area (TPSA) is 32.7 Å². The fourth-order valence-electron chi connectivity index (χ4n) is 1.69. The Bertz CT molecular complexity index is 348. The summed E-state index contributed by atoms with van der Waals surface area (Å²) >= 11 is 0. The van der Waals surface area contributed by atoms with E-state index in [9.17, 15) is 5.11 Å². The van der Waals surface area contributed by atoms with Crippen molar-refractivity contribution in [2.45, 2.75) is 33.0 Å². The molecular formula is C14H23NO2. The normalized spacial score (nSPS) is 11.2. The van der Waals surface area contributed by atoms with Gasteiger partial charge in [0.05, 0.1) is 12.7 Å². The molecule has 0 saturated heterocycles. The zero-order valence-corrected chi connectivity index (χ0v) is 11.2. The van der Waals surface area contributed by atoms with E-state index in [1.807, 2.05) is 26.0 Å². The minimum atomic E-state index is 0.0257. The average molecular weight is 237 g/mol. The van der Waals surface area contributed by atoms with Crippen LogP contribution in [0.15, 0.2) is 18.2 Å². The summed E-state index contributed by atoms with van der Waals surface area (Å²) in [4.78, 5) is 2.14. The molecule has 0 unspecified atom stereocenters. The van der Waals surface area contributed by atoms with Crippen molar-refractivity contribution < 1.29 is 9.84 Å². The van der Waals surface area contributed by atoms with Crippen LogP contribution in [0.2, 0.25) is 0 Å². The highest BCUT2D eigenvalue weighted by Gasteiger charge is 2.10. The Labute approximate surface area is 104 Å². The van der Waals surface area contributed by atoms with Gasteiger partial charge >= 0.3 is 0 Å². The molecular weight excluding hydrogens is 214 g/mol. The fraction of sp³-hybridized carbons (Fsp3) is 0.571. The predicted molar refractivity (Wildman–Crippen MR) is 70.4 cm³/mol. The molecule has 0 aliphatic heterocycles. The minimum absolute atomic E-state index is 0.0257. The third-order valence-electron chi connectivity index (χ3n) is 2.53. The monoisotopic (exact) mass is 237 g/mol. The molecule has 17 heavy (non-hydrogen) atoms. The van der Waals surface area contributed by atoms with Gasteiger partial charge in [-0.05, 0) is 39.9 Å². The molecule has 0 amide bonds. The average Bonchev–Trinajstić information content (AvgIpc) is 2.26. The van der Waals surface area contributed by atoms with E-state index < -0.39 is 0 Å². The smallest absolute Gasteiger partial charge is 0.128 e. The molecule has 1 aromatic carbocycles. The van der Waals surface area contributed by atoms with E-state index in [1.54, 1.807) is 0 Å². The van der Waals surface area contributed by atoms with Crippen molar-refractivity contribution in [3.05, 3.63) is 29.3 Å². The third kappa shape index (κ3) is 4.36. The SMILES string of the molecule is CC(C)Oc1c(CO)cccc1CCN(C)C. The third-order valence-corrected chi connectivity index (χ3v) is 2.53. The van der Waals surface area contributed by atoms with E-state index in [0.29, 0.717) is 0 Å². The van der Waals surface area contributed by atoms with Crippen LogP contribution in [0.5, 0.6) is 5.75 Å². The van der Waals surface area contributed by atoms with Crippen LogP contribution in [0.3, 0.4) is 0 Å². The Kier molecular flexibility index (Phi) is 5.45. The number of nitrogens with zero attached hydrogens (tertiary/aromatic N) is 1. The molecule has 0 bridgehead atoms. The van der Waals surface area contributed by atoms with Gasteiger partial charge in [-0.15, -0.1) is 0 Å². The van der Waals surface area contributed by atoms with E-state index in [1.165, 1.54) is 5.56 Å². The lowest BCUT2D eigenvalue weighted by Gasteiger charge is -2.18. The van der Waals surface area contributed by atoms with Gasteiger partial charge in [-0.25, -0.2) is 0 Å². The first-order valence-corrected chi connectivity index (χ1v) is 6.07. The van der Waals surface area contributed by atoms with Gasteiger partial charge in [0, 0.05) is 12.1 Å². The van der Waals surface area contributed by atoms with Gasteiger partial charge < -0.3 is 14.7 Å². The maximum Gasteiger partial charge on any atom is 0.128 e. The number of para-hydroxylation sites is 1. The highest BCUT2D eigenvalue weighted by atomic mass is 16.5. The van der Waals surface area contributed by atoms with Crippen LogP contribution in [0.1, 0.15) is 25.0 Å². The summed E-state index contributed by atoms with van der Waals surface area (Å²) < 4.78 is 5.82. The molecule has 1 rings (SSSR count). The summed E-state index contributed by atoms with van der Waals surface area (Å²) in [5.41, 5.74) is 2.04. The van der Waals surface area contributed by atoms with Gasteiger partial charge in [-0.3, -0.25) is 0 Å². The van der Waals surface area contributed by atoms with Gasteiger partial charge in [-0.1, -0.05) is 18.2 Å². The van der Waals surface area contributed by atoms with Crippen LogP contribution in [0.25, 0.3) is 0 Å². The molecule has 0 aliphatic carbocycles. The first kappa shape index (κ1) is 14.0. The second-order valence-corrected chi connectivity index (χ2v) is 4.78. The second kappa shape index (κ2) is 6.62. The van der Waals surface area contributed by atoms with Crippen LogP contribution in [-0.4, -0.2) is 36.8 Å². The van der Waals surface area contributed by atoms with Crippen LogP contribution >= 0.6 is 0 Å². The largest absolute Gasteiger partial charge is 0.490 e. The number of benzene rings is 1. The quantitative estimate of drug-likeness (QED) is 0.822. The lowest BCUT2D eigenvalue weighted by atomic mass is 10.1. The molecule has 0 atom stereocenters. The molecule has 1 aromatic rings. The molecule has 1 N–H and O–H groups in total. The van der Waals surface area contributed by atoms with Gasteiger partial charge in [0.2, 0.25) is 0 Å². The van der Waals surface area contributed by atoms with Crippen LogP contribution in [-0.2, 0) is 13.0 Å².